The third-order valence-corrected chi connectivity index (χ3v) is 3.76. The molecule has 0 aliphatic heterocycles. The van der Waals surface area contributed by atoms with Crippen LogP contribution in [0.1, 0.15) is 5.56 Å². The van der Waals surface area contributed by atoms with Crippen molar-refractivity contribution in [3.63, 3.8) is 0 Å². The fourth-order valence-electron chi connectivity index (χ4n) is 2.60. The van der Waals surface area contributed by atoms with Gasteiger partial charge in [0.05, 0.1) is 23.1 Å². The first-order valence-corrected chi connectivity index (χ1v) is 7.71. The SMILES string of the molecule is FC(F)(F)c1cccc(-c2cccc3nc(Nc4cccnc4)nn23)c1. The van der Waals surface area contributed by atoms with Gasteiger partial charge >= 0.3 is 6.18 Å². The van der Waals surface area contributed by atoms with E-state index in [4.69, 9.17) is 0 Å². The van der Waals surface area contributed by atoms with Crippen molar-refractivity contribution in [1.29, 1.82) is 0 Å². The molecule has 3 aromatic heterocycles. The second-order valence-electron chi connectivity index (χ2n) is 5.56. The molecular weight excluding hydrogens is 343 g/mol. The summed E-state index contributed by atoms with van der Waals surface area (Å²) in [6.07, 6.45) is -1.13. The van der Waals surface area contributed by atoms with Crippen LogP contribution in [0.4, 0.5) is 24.8 Å². The standard InChI is InChI=1S/C18H12F3N5/c19-18(20,21)13-5-1-4-12(10-13)15-7-2-8-16-24-17(25-26(15)16)23-14-6-3-9-22-11-14/h1-11H,(H,23,25). The second-order valence-corrected chi connectivity index (χ2v) is 5.56. The number of hydrogen-bond donors (Lipinski definition) is 1. The van der Waals surface area contributed by atoms with Crippen LogP contribution in [0.5, 0.6) is 0 Å². The zero-order valence-corrected chi connectivity index (χ0v) is 13.3. The van der Waals surface area contributed by atoms with Gasteiger partial charge in [0.2, 0.25) is 5.95 Å². The molecule has 0 bridgehead atoms. The van der Waals surface area contributed by atoms with Crippen LogP contribution in [0.2, 0.25) is 0 Å². The Bertz CT molecular complexity index is 1060. The molecule has 0 atom stereocenters. The maximum atomic E-state index is 13.0. The van der Waals surface area contributed by atoms with Gasteiger partial charge in [-0.15, -0.1) is 5.10 Å². The molecule has 0 saturated heterocycles. The molecule has 1 aromatic carbocycles. The molecule has 0 amide bonds. The van der Waals surface area contributed by atoms with E-state index in [1.807, 2.05) is 6.07 Å². The van der Waals surface area contributed by atoms with E-state index in [0.29, 0.717) is 28.5 Å². The van der Waals surface area contributed by atoms with Crippen molar-refractivity contribution in [1.82, 2.24) is 19.6 Å². The molecule has 3 heterocycles. The fourth-order valence-corrected chi connectivity index (χ4v) is 2.60. The van der Waals surface area contributed by atoms with Crippen molar-refractivity contribution in [2.75, 3.05) is 5.32 Å². The molecule has 4 rings (SSSR count). The molecule has 0 aliphatic carbocycles. The van der Waals surface area contributed by atoms with Crippen molar-refractivity contribution >= 4 is 17.3 Å². The van der Waals surface area contributed by atoms with Gasteiger partial charge in [-0.05, 0) is 36.4 Å². The normalized spacial score (nSPS) is 11.7. The molecule has 5 nitrogen and oxygen atoms in total. The number of halogens is 3. The fraction of sp³-hybridized carbons (Fsp3) is 0.0556. The third kappa shape index (κ3) is 3.08. The first-order chi connectivity index (χ1) is 12.5. The van der Waals surface area contributed by atoms with Gasteiger partial charge in [-0.3, -0.25) is 4.98 Å². The van der Waals surface area contributed by atoms with Crippen molar-refractivity contribution in [2.45, 2.75) is 6.18 Å². The molecule has 26 heavy (non-hydrogen) atoms. The number of rotatable bonds is 3. The average molecular weight is 355 g/mol. The highest BCUT2D eigenvalue weighted by molar-refractivity contribution is 5.65. The summed E-state index contributed by atoms with van der Waals surface area (Å²) in [5.74, 6) is 0.331. The second kappa shape index (κ2) is 6.14. The highest BCUT2D eigenvalue weighted by Gasteiger charge is 2.30. The summed E-state index contributed by atoms with van der Waals surface area (Å²) in [6.45, 7) is 0. The average Bonchev–Trinajstić information content (AvgIpc) is 3.04. The number of nitrogens with one attached hydrogen (secondary N) is 1. The largest absolute Gasteiger partial charge is 0.416 e. The Balaban J connectivity index is 1.77. The van der Waals surface area contributed by atoms with Gasteiger partial charge in [-0.25, -0.2) is 4.52 Å². The maximum absolute atomic E-state index is 13.0. The van der Waals surface area contributed by atoms with E-state index in [1.54, 1.807) is 42.7 Å². The minimum Gasteiger partial charge on any atom is -0.321 e. The van der Waals surface area contributed by atoms with Crippen LogP contribution in [-0.4, -0.2) is 19.6 Å². The van der Waals surface area contributed by atoms with Gasteiger partial charge < -0.3 is 5.32 Å². The molecule has 0 unspecified atom stereocenters. The number of anilines is 2. The first kappa shape index (κ1) is 16.1. The third-order valence-electron chi connectivity index (χ3n) is 3.76. The summed E-state index contributed by atoms with van der Waals surface area (Å²) >= 11 is 0. The van der Waals surface area contributed by atoms with E-state index in [1.165, 1.54) is 10.6 Å². The van der Waals surface area contributed by atoms with Gasteiger partial charge in [-0.1, -0.05) is 18.2 Å². The molecule has 8 heteroatoms. The Labute approximate surface area is 146 Å². The summed E-state index contributed by atoms with van der Waals surface area (Å²) in [5.41, 5.74) is 1.44. The van der Waals surface area contributed by atoms with Crippen molar-refractivity contribution < 1.29 is 13.2 Å². The molecule has 0 aliphatic rings. The minimum absolute atomic E-state index is 0.331. The van der Waals surface area contributed by atoms with Crippen LogP contribution in [0.25, 0.3) is 16.9 Å². The lowest BCUT2D eigenvalue weighted by Gasteiger charge is -2.09. The monoisotopic (exact) mass is 355 g/mol. The van der Waals surface area contributed by atoms with Crippen LogP contribution in [-0.2, 0) is 6.18 Å². The minimum atomic E-state index is -4.40. The van der Waals surface area contributed by atoms with E-state index < -0.39 is 11.7 Å². The molecular formula is C18H12F3N5. The molecule has 4 aromatic rings. The van der Waals surface area contributed by atoms with E-state index in [2.05, 4.69) is 20.4 Å². The van der Waals surface area contributed by atoms with E-state index >= 15 is 0 Å². The van der Waals surface area contributed by atoms with Gasteiger partial charge in [-0.2, -0.15) is 18.2 Å². The lowest BCUT2D eigenvalue weighted by atomic mass is 10.1. The van der Waals surface area contributed by atoms with Crippen molar-refractivity contribution in [3.8, 4) is 11.3 Å². The first-order valence-electron chi connectivity index (χ1n) is 7.71. The molecule has 1 N–H and O–H groups in total. The molecule has 0 spiro atoms. The lowest BCUT2D eigenvalue weighted by Crippen LogP contribution is -2.05. The molecule has 0 fully saturated rings. The Morgan fingerprint density at radius 1 is 0.962 bits per heavy atom. The van der Waals surface area contributed by atoms with Crippen LogP contribution in [0, 0.1) is 0 Å². The quantitative estimate of drug-likeness (QED) is 0.586. The number of nitrogens with zero attached hydrogens (tertiary/aromatic N) is 4. The van der Waals surface area contributed by atoms with Crippen LogP contribution in [0.15, 0.2) is 67.0 Å². The highest BCUT2D eigenvalue weighted by atomic mass is 19.4. The van der Waals surface area contributed by atoms with Gasteiger partial charge in [0, 0.05) is 11.8 Å². The Hall–Kier alpha value is -3.42. The predicted molar refractivity (Wildman–Crippen MR) is 90.9 cm³/mol. The maximum Gasteiger partial charge on any atom is 0.416 e. The van der Waals surface area contributed by atoms with Crippen LogP contribution < -0.4 is 5.32 Å². The Kier molecular flexibility index (Phi) is 3.80. The summed E-state index contributed by atoms with van der Waals surface area (Å²) in [6, 6.07) is 13.9. The molecule has 0 saturated carbocycles. The summed E-state index contributed by atoms with van der Waals surface area (Å²) in [5, 5.41) is 7.38. The zero-order chi connectivity index (χ0) is 18.1. The van der Waals surface area contributed by atoms with Crippen LogP contribution >= 0.6 is 0 Å². The van der Waals surface area contributed by atoms with E-state index in [9.17, 15) is 13.2 Å². The summed E-state index contributed by atoms with van der Waals surface area (Å²) < 4.78 is 40.5. The van der Waals surface area contributed by atoms with Crippen molar-refractivity contribution in [3.05, 3.63) is 72.6 Å². The van der Waals surface area contributed by atoms with E-state index in [0.717, 1.165) is 12.1 Å². The van der Waals surface area contributed by atoms with Crippen molar-refractivity contribution in [2.24, 2.45) is 0 Å². The van der Waals surface area contributed by atoms with E-state index in [-0.39, 0.29) is 0 Å². The lowest BCUT2D eigenvalue weighted by molar-refractivity contribution is -0.137. The highest BCUT2D eigenvalue weighted by Crippen LogP contribution is 2.32. The number of alkyl halides is 3. The Morgan fingerprint density at radius 2 is 1.81 bits per heavy atom. The number of aromatic nitrogens is 4. The Morgan fingerprint density at radius 3 is 2.58 bits per heavy atom. The van der Waals surface area contributed by atoms with Gasteiger partial charge in [0.15, 0.2) is 5.65 Å². The topological polar surface area (TPSA) is 55.1 Å². The molecule has 130 valence electrons. The summed E-state index contributed by atoms with van der Waals surface area (Å²) in [7, 11) is 0. The summed E-state index contributed by atoms with van der Waals surface area (Å²) in [4.78, 5) is 8.36. The van der Waals surface area contributed by atoms with Gasteiger partial charge in [0.25, 0.3) is 0 Å². The number of benzene rings is 1. The van der Waals surface area contributed by atoms with Gasteiger partial charge in [0.1, 0.15) is 0 Å². The number of pyridine rings is 2. The van der Waals surface area contributed by atoms with Crippen LogP contribution in [0.3, 0.4) is 0 Å². The zero-order valence-electron chi connectivity index (χ0n) is 13.3. The number of hydrogen-bond acceptors (Lipinski definition) is 4. The smallest absolute Gasteiger partial charge is 0.321 e. The predicted octanol–water partition coefficient (Wildman–Crippen LogP) is 4.55. The molecule has 0 radical (unpaired) electrons. The number of fused-ring (bicyclic) bond motifs is 1.